The van der Waals surface area contributed by atoms with Gasteiger partial charge in [0.2, 0.25) is 0 Å². The molecule has 44 heavy (non-hydrogen) atoms. The summed E-state index contributed by atoms with van der Waals surface area (Å²) in [6, 6.07) is 28.8. The number of carboxylic acid groups (broad SMARTS) is 1. The van der Waals surface area contributed by atoms with Crippen molar-refractivity contribution in [3.8, 4) is 16.2 Å². The number of carbonyl (C=O) groups is 1. The summed E-state index contributed by atoms with van der Waals surface area (Å²) in [5, 5.41) is 10.7. The fraction of sp³-hybridized carbons (Fsp3) is 0.114. The van der Waals surface area contributed by atoms with Gasteiger partial charge in [-0.3, -0.25) is 4.31 Å². The summed E-state index contributed by atoms with van der Waals surface area (Å²) in [6.07, 6.45) is 0. The Morgan fingerprint density at radius 3 is 2.30 bits per heavy atom. The Labute approximate surface area is 266 Å². The molecule has 0 aliphatic heterocycles. The number of rotatable bonds is 10. The lowest BCUT2D eigenvalue weighted by molar-refractivity contribution is 0.0703. The maximum absolute atomic E-state index is 14.5. The SMILES string of the molecule is C=C(Oc1ccccc1C)c1cccc(CN(c2cc(-c3ccccc3)sc2C(=O)O)S(=O)(=O)c2cc(C)c(Cl)cc2C)c1. The monoisotopic (exact) mass is 643 g/mol. The first-order chi connectivity index (χ1) is 21.0. The summed E-state index contributed by atoms with van der Waals surface area (Å²) in [7, 11) is -4.27. The van der Waals surface area contributed by atoms with E-state index in [2.05, 4.69) is 6.58 Å². The second kappa shape index (κ2) is 12.7. The topological polar surface area (TPSA) is 83.9 Å². The molecule has 0 bridgehead atoms. The number of anilines is 1. The highest BCUT2D eigenvalue weighted by Crippen LogP contribution is 2.40. The highest BCUT2D eigenvalue weighted by molar-refractivity contribution is 7.92. The summed E-state index contributed by atoms with van der Waals surface area (Å²) < 4.78 is 36.2. The van der Waals surface area contributed by atoms with Gasteiger partial charge in [-0.2, -0.15) is 0 Å². The minimum Gasteiger partial charge on any atom is -0.477 e. The second-order valence-corrected chi connectivity index (χ2v) is 13.7. The summed E-state index contributed by atoms with van der Waals surface area (Å²) >= 11 is 7.34. The highest BCUT2D eigenvalue weighted by Gasteiger charge is 2.32. The second-order valence-electron chi connectivity index (χ2n) is 10.4. The van der Waals surface area contributed by atoms with Crippen molar-refractivity contribution in [2.45, 2.75) is 32.2 Å². The number of nitrogens with zero attached hydrogens (tertiary/aromatic N) is 1. The first-order valence-corrected chi connectivity index (χ1v) is 16.3. The molecule has 5 aromatic rings. The average molecular weight is 644 g/mol. The van der Waals surface area contributed by atoms with Crippen molar-refractivity contribution < 1.29 is 23.1 Å². The number of aryl methyl sites for hydroxylation is 3. The number of para-hydroxylation sites is 1. The summed E-state index contributed by atoms with van der Waals surface area (Å²) in [5.41, 5.74) is 4.14. The molecule has 1 aromatic heterocycles. The van der Waals surface area contributed by atoms with Gasteiger partial charge in [0.05, 0.1) is 17.1 Å². The van der Waals surface area contributed by atoms with Gasteiger partial charge in [0, 0.05) is 15.5 Å². The van der Waals surface area contributed by atoms with Crippen LogP contribution >= 0.6 is 22.9 Å². The van der Waals surface area contributed by atoms with E-state index in [4.69, 9.17) is 16.3 Å². The molecule has 0 aliphatic rings. The van der Waals surface area contributed by atoms with E-state index < -0.39 is 16.0 Å². The van der Waals surface area contributed by atoms with Crippen LogP contribution in [-0.4, -0.2) is 19.5 Å². The van der Waals surface area contributed by atoms with Crippen LogP contribution in [0.2, 0.25) is 5.02 Å². The Morgan fingerprint density at radius 1 is 0.886 bits per heavy atom. The Balaban J connectivity index is 1.62. The third kappa shape index (κ3) is 6.43. The summed E-state index contributed by atoms with van der Waals surface area (Å²) in [4.78, 5) is 13.1. The van der Waals surface area contributed by atoms with E-state index in [1.165, 1.54) is 10.4 Å². The van der Waals surface area contributed by atoms with E-state index >= 15 is 0 Å². The van der Waals surface area contributed by atoms with Crippen LogP contribution in [0.25, 0.3) is 16.2 Å². The summed E-state index contributed by atoms with van der Waals surface area (Å²) in [5.74, 6) is -0.156. The van der Waals surface area contributed by atoms with Crippen LogP contribution in [0.5, 0.6) is 5.75 Å². The van der Waals surface area contributed by atoms with Gasteiger partial charge < -0.3 is 9.84 Å². The van der Waals surface area contributed by atoms with Crippen LogP contribution in [0.1, 0.15) is 37.5 Å². The first-order valence-electron chi connectivity index (χ1n) is 13.7. The van der Waals surface area contributed by atoms with E-state index in [-0.39, 0.29) is 22.0 Å². The fourth-order valence-corrected chi connectivity index (χ4v) is 7.82. The molecule has 0 spiro atoms. The molecule has 4 aromatic carbocycles. The van der Waals surface area contributed by atoms with E-state index in [0.29, 0.717) is 43.7 Å². The Kier molecular flexibility index (Phi) is 8.97. The minimum atomic E-state index is -4.27. The van der Waals surface area contributed by atoms with Gasteiger partial charge in [-0.05, 0) is 78.9 Å². The number of sulfonamides is 1. The lowest BCUT2D eigenvalue weighted by Crippen LogP contribution is -2.32. The number of thiophene rings is 1. The van der Waals surface area contributed by atoms with Gasteiger partial charge in [0.1, 0.15) is 16.4 Å². The Hall–Kier alpha value is -4.37. The van der Waals surface area contributed by atoms with Gasteiger partial charge >= 0.3 is 5.97 Å². The van der Waals surface area contributed by atoms with Gasteiger partial charge in [-0.1, -0.05) is 84.9 Å². The zero-order valence-electron chi connectivity index (χ0n) is 24.4. The molecule has 0 saturated carbocycles. The number of hydrogen-bond acceptors (Lipinski definition) is 5. The lowest BCUT2D eigenvalue weighted by Gasteiger charge is -2.26. The van der Waals surface area contributed by atoms with E-state index in [1.54, 1.807) is 44.2 Å². The third-order valence-electron chi connectivity index (χ3n) is 7.16. The smallest absolute Gasteiger partial charge is 0.348 e. The molecule has 6 nitrogen and oxygen atoms in total. The van der Waals surface area contributed by atoms with Crippen molar-refractivity contribution in [3.63, 3.8) is 0 Å². The quantitative estimate of drug-likeness (QED) is 0.153. The van der Waals surface area contributed by atoms with Crippen LogP contribution < -0.4 is 9.04 Å². The van der Waals surface area contributed by atoms with Crippen LogP contribution in [0.15, 0.2) is 109 Å². The molecule has 224 valence electrons. The average Bonchev–Trinajstić information content (AvgIpc) is 3.45. The first kappa shape index (κ1) is 31.1. The molecule has 0 radical (unpaired) electrons. The standard InChI is InChI=1S/C35H30ClNO5S2/c1-22-11-8-9-16-31(22)42-25(4)28-15-10-12-26(19-28)21-37(44(40,41)33-18-23(2)29(36)17-24(33)3)30-20-32(43-34(30)35(38)39)27-13-6-5-7-14-27/h5-20H,4,21H2,1-3H3,(H,38,39). The van der Waals surface area contributed by atoms with Crippen LogP contribution in [0.3, 0.4) is 0 Å². The third-order valence-corrected chi connectivity index (χ3v) is 10.6. The normalized spacial score (nSPS) is 11.3. The molecule has 0 aliphatic carbocycles. The summed E-state index contributed by atoms with van der Waals surface area (Å²) in [6.45, 7) is 9.30. The van der Waals surface area contributed by atoms with Crippen molar-refractivity contribution in [1.29, 1.82) is 0 Å². The lowest BCUT2D eigenvalue weighted by atomic mass is 10.1. The van der Waals surface area contributed by atoms with Crippen molar-refractivity contribution >= 4 is 50.4 Å². The molecule has 0 fully saturated rings. The zero-order valence-corrected chi connectivity index (χ0v) is 26.8. The number of benzene rings is 4. The number of ether oxygens (including phenoxy) is 1. The van der Waals surface area contributed by atoms with Crippen molar-refractivity contribution in [1.82, 2.24) is 0 Å². The van der Waals surface area contributed by atoms with E-state index in [9.17, 15) is 18.3 Å². The molecular formula is C35H30ClNO5S2. The number of halogens is 1. The van der Waals surface area contributed by atoms with Gasteiger partial charge in [-0.25, -0.2) is 13.2 Å². The van der Waals surface area contributed by atoms with E-state index in [1.807, 2.05) is 67.6 Å². The zero-order chi connectivity index (χ0) is 31.6. The number of carboxylic acids is 1. The molecule has 1 heterocycles. The fourth-order valence-electron chi connectivity index (χ4n) is 4.79. The van der Waals surface area contributed by atoms with E-state index in [0.717, 1.165) is 22.5 Å². The van der Waals surface area contributed by atoms with Crippen LogP contribution in [0.4, 0.5) is 5.69 Å². The maximum atomic E-state index is 14.5. The predicted octanol–water partition coefficient (Wildman–Crippen LogP) is 9.14. The van der Waals surface area contributed by atoms with Gasteiger partial charge in [0.15, 0.2) is 0 Å². The number of hydrogen-bond donors (Lipinski definition) is 1. The van der Waals surface area contributed by atoms with Crippen LogP contribution in [0, 0.1) is 20.8 Å². The molecule has 0 atom stereocenters. The van der Waals surface area contributed by atoms with Crippen LogP contribution in [-0.2, 0) is 16.6 Å². The predicted molar refractivity (Wildman–Crippen MR) is 178 cm³/mol. The molecule has 0 amide bonds. The molecule has 5 rings (SSSR count). The minimum absolute atomic E-state index is 0.0478. The van der Waals surface area contributed by atoms with Crippen molar-refractivity contribution in [3.05, 3.63) is 141 Å². The molecule has 9 heteroatoms. The Bertz CT molecular complexity index is 1980. The number of aromatic carboxylic acids is 1. The molecule has 0 saturated heterocycles. The Morgan fingerprint density at radius 2 is 1.59 bits per heavy atom. The molecule has 1 N–H and O–H groups in total. The molecular weight excluding hydrogens is 614 g/mol. The maximum Gasteiger partial charge on any atom is 0.348 e. The van der Waals surface area contributed by atoms with Gasteiger partial charge in [0.25, 0.3) is 10.0 Å². The highest BCUT2D eigenvalue weighted by atomic mass is 35.5. The molecule has 0 unspecified atom stereocenters. The van der Waals surface area contributed by atoms with Crippen molar-refractivity contribution in [2.24, 2.45) is 0 Å². The van der Waals surface area contributed by atoms with Gasteiger partial charge in [-0.15, -0.1) is 11.3 Å². The largest absolute Gasteiger partial charge is 0.477 e. The van der Waals surface area contributed by atoms with Crippen molar-refractivity contribution in [2.75, 3.05) is 4.31 Å².